The highest BCUT2D eigenvalue weighted by molar-refractivity contribution is 5.93. The van der Waals surface area contributed by atoms with Gasteiger partial charge in [0.2, 0.25) is 12.7 Å². The molecule has 3 aliphatic rings. The highest BCUT2D eigenvalue weighted by Gasteiger charge is 2.40. The molecule has 146 valence electrons. The van der Waals surface area contributed by atoms with Crippen LogP contribution in [0.15, 0.2) is 30.6 Å². The van der Waals surface area contributed by atoms with Crippen LogP contribution in [0.4, 0.5) is 11.6 Å². The number of carbonyl (C=O) groups is 1. The standard InChI is InChI=1S/C19H20N4O5/c24-17(23-5-3-19(4-6-23)27-7-8-28-19)13-10-20-18(21-11-13)22-14-1-2-15-16(9-14)26-12-25-15/h1-2,9-11H,3-8,12H2,(H,20,21,22). The van der Waals surface area contributed by atoms with Crippen LogP contribution in [0.5, 0.6) is 11.5 Å². The number of nitrogens with zero attached hydrogens (tertiary/aromatic N) is 3. The highest BCUT2D eigenvalue weighted by atomic mass is 16.7. The second kappa shape index (κ2) is 6.92. The summed E-state index contributed by atoms with van der Waals surface area (Å²) < 4.78 is 22.1. The fraction of sp³-hybridized carbons (Fsp3) is 0.421. The van der Waals surface area contributed by atoms with E-state index in [9.17, 15) is 4.79 Å². The Morgan fingerprint density at radius 1 is 1.04 bits per heavy atom. The summed E-state index contributed by atoms with van der Waals surface area (Å²) in [4.78, 5) is 23.0. The van der Waals surface area contributed by atoms with Crippen molar-refractivity contribution in [1.29, 1.82) is 0 Å². The van der Waals surface area contributed by atoms with Gasteiger partial charge in [-0.2, -0.15) is 0 Å². The van der Waals surface area contributed by atoms with Gasteiger partial charge in [0.15, 0.2) is 17.3 Å². The predicted octanol–water partition coefficient (Wildman–Crippen LogP) is 1.93. The van der Waals surface area contributed by atoms with Gasteiger partial charge in [-0.05, 0) is 12.1 Å². The van der Waals surface area contributed by atoms with Crippen LogP contribution in [-0.2, 0) is 9.47 Å². The Morgan fingerprint density at radius 2 is 1.75 bits per heavy atom. The average Bonchev–Trinajstić information content (AvgIpc) is 3.38. The van der Waals surface area contributed by atoms with Gasteiger partial charge < -0.3 is 29.2 Å². The van der Waals surface area contributed by atoms with Gasteiger partial charge in [-0.1, -0.05) is 0 Å². The molecule has 1 N–H and O–H groups in total. The van der Waals surface area contributed by atoms with Crippen molar-refractivity contribution in [3.8, 4) is 11.5 Å². The SMILES string of the molecule is O=C(c1cnc(Nc2ccc3c(c2)OCO3)nc1)N1CCC2(CC1)OCCO2. The lowest BCUT2D eigenvalue weighted by Crippen LogP contribution is -2.47. The van der Waals surface area contributed by atoms with E-state index in [4.69, 9.17) is 18.9 Å². The summed E-state index contributed by atoms with van der Waals surface area (Å²) in [7, 11) is 0. The van der Waals surface area contributed by atoms with Crippen molar-refractivity contribution < 1.29 is 23.7 Å². The van der Waals surface area contributed by atoms with Crippen molar-refractivity contribution in [1.82, 2.24) is 14.9 Å². The second-order valence-electron chi connectivity index (χ2n) is 6.89. The van der Waals surface area contributed by atoms with Gasteiger partial charge in [0.1, 0.15) is 0 Å². The van der Waals surface area contributed by atoms with Crippen LogP contribution in [-0.4, -0.2) is 59.7 Å². The van der Waals surface area contributed by atoms with Crippen LogP contribution in [0, 0.1) is 0 Å². The van der Waals surface area contributed by atoms with E-state index in [-0.39, 0.29) is 12.7 Å². The lowest BCUT2D eigenvalue weighted by molar-refractivity contribution is -0.181. The molecule has 2 saturated heterocycles. The molecule has 3 aliphatic heterocycles. The number of likely N-dealkylation sites (tertiary alicyclic amines) is 1. The van der Waals surface area contributed by atoms with Gasteiger partial charge in [-0.25, -0.2) is 9.97 Å². The van der Waals surface area contributed by atoms with Crippen LogP contribution in [0.25, 0.3) is 0 Å². The minimum atomic E-state index is -0.494. The van der Waals surface area contributed by atoms with Gasteiger partial charge in [-0.3, -0.25) is 4.79 Å². The van der Waals surface area contributed by atoms with Gasteiger partial charge in [0, 0.05) is 50.1 Å². The predicted molar refractivity (Wildman–Crippen MR) is 97.7 cm³/mol. The second-order valence-corrected chi connectivity index (χ2v) is 6.89. The first-order chi connectivity index (χ1) is 13.7. The monoisotopic (exact) mass is 384 g/mol. The van der Waals surface area contributed by atoms with E-state index in [0.29, 0.717) is 62.2 Å². The van der Waals surface area contributed by atoms with Crippen LogP contribution >= 0.6 is 0 Å². The molecule has 28 heavy (non-hydrogen) atoms. The third-order valence-electron chi connectivity index (χ3n) is 5.15. The fourth-order valence-corrected chi connectivity index (χ4v) is 3.63. The molecule has 1 aromatic heterocycles. The smallest absolute Gasteiger partial charge is 0.256 e. The number of benzene rings is 1. The van der Waals surface area contributed by atoms with E-state index < -0.39 is 5.79 Å². The Balaban J connectivity index is 1.22. The first-order valence-electron chi connectivity index (χ1n) is 9.27. The fourth-order valence-electron chi connectivity index (χ4n) is 3.63. The van der Waals surface area contributed by atoms with Crippen molar-refractivity contribution >= 4 is 17.5 Å². The van der Waals surface area contributed by atoms with Crippen molar-refractivity contribution in [2.24, 2.45) is 0 Å². The number of ether oxygens (including phenoxy) is 4. The molecule has 4 heterocycles. The van der Waals surface area contributed by atoms with Crippen molar-refractivity contribution in [2.75, 3.05) is 38.4 Å². The normalized spacial score (nSPS) is 19.8. The van der Waals surface area contributed by atoms with Gasteiger partial charge in [0.25, 0.3) is 5.91 Å². The van der Waals surface area contributed by atoms with Crippen molar-refractivity contribution in [2.45, 2.75) is 18.6 Å². The highest BCUT2D eigenvalue weighted by Crippen LogP contribution is 2.35. The van der Waals surface area contributed by atoms with Gasteiger partial charge in [0.05, 0.1) is 18.8 Å². The van der Waals surface area contributed by atoms with Crippen LogP contribution in [0.1, 0.15) is 23.2 Å². The maximum atomic E-state index is 12.7. The average molecular weight is 384 g/mol. The maximum Gasteiger partial charge on any atom is 0.256 e. The molecule has 2 aromatic rings. The quantitative estimate of drug-likeness (QED) is 0.858. The van der Waals surface area contributed by atoms with E-state index in [1.54, 1.807) is 4.90 Å². The minimum Gasteiger partial charge on any atom is -0.454 e. The van der Waals surface area contributed by atoms with Crippen molar-refractivity contribution in [3.63, 3.8) is 0 Å². The third-order valence-corrected chi connectivity index (χ3v) is 5.15. The molecule has 2 fully saturated rings. The Bertz CT molecular complexity index is 872. The summed E-state index contributed by atoms with van der Waals surface area (Å²) in [5, 5.41) is 3.10. The Hall–Kier alpha value is -2.91. The van der Waals surface area contributed by atoms with Gasteiger partial charge >= 0.3 is 0 Å². The van der Waals surface area contributed by atoms with Crippen LogP contribution < -0.4 is 14.8 Å². The lowest BCUT2D eigenvalue weighted by atomic mass is 10.0. The molecule has 9 heteroatoms. The Kier molecular flexibility index (Phi) is 4.25. The number of piperidine rings is 1. The molecule has 0 aliphatic carbocycles. The zero-order valence-corrected chi connectivity index (χ0v) is 15.2. The molecular formula is C19H20N4O5. The Morgan fingerprint density at radius 3 is 2.50 bits per heavy atom. The molecule has 0 bridgehead atoms. The summed E-state index contributed by atoms with van der Waals surface area (Å²) in [5.41, 5.74) is 1.24. The number of hydrogen-bond acceptors (Lipinski definition) is 8. The molecule has 1 spiro atoms. The number of aromatic nitrogens is 2. The summed E-state index contributed by atoms with van der Waals surface area (Å²) in [5.74, 6) is 1.22. The van der Waals surface area contributed by atoms with Crippen molar-refractivity contribution in [3.05, 3.63) is 36.2 Å². The largest absolute Gasteiger partial charge is 0.454 e. The molecule has 0 saturated carbocycles. The van der Waals surface area contributed by atoms with E-state index in [0.717, 1.165) is 5.69 Å². The lowest BCUT2D eigenvalue weighted by Gasteiger charge is -2.37. The Labute approximate surface area is 161 Å². The first-order valence-corrected chi connectivity index (χ1v) is 9.27. The third kappa shape index (κ3) is 3.23. The number of anilines is 2. The van der Waals surface area contributed by atoms with E-state index in [1.807, 2.05) is 18.2 Å². The summed E-state index contributed by atoms with van der Waals surface area (Å²) in [6.45, 7) is 2.66. The van der Waals surface area contributed by atoms with E-state index >= 15 is 0 Å². The zero-order valence-electron chi connectivity index (χ0n) is 15.2. The van der Waals surface area contributed by atoms with E-state index in [2.05, 4.69) is 15.3 Å². The summed E-state index contributed by atoms with van der Waals surface area (Å²) in [6.07, 6.45) is 4.45. The molecule has 0 unspecified atom stereocenters. The summed E-state index contributed by atoms with van der Waals surface area (Å²) >= 11 is 0. The number of hydrogen-bond donors (Lipinski definition) is 1. The van der Waals surface area contributed by atoms with Crippen LogP contribution in [0.2, 0.25) is 0 Å². The molecule has 9 nitrogen and oxygen atoms in total. The van der Waals surface area contributed by atoms with E-state index in [1.165, 1.54) is 12.4 Å². The topological polar surface area (TPSA) is 95.0 Å². The molecule has 0 atom stereocenters. The molecule has 5 rings (SSSR count). The van der Waals surface area contributed by atoms with Gasteiger partial charge in [-0.15, -0.1) is 0 Å². The number of nitrogens with one attached hydrogen (secondary N) is 1. The number of rotatable bonds is 3. The molecule has 1 aromatic carbocycles. The van der Waals surface area contributed by atoms with Crippen LogP contribution in [0.3, 0.4) is 0 Å². The maximum absolute atomic E-state index is 12.7. The summed E-state index contributed by atoms with van der Waals surface area (Å²) in [6, 6.07) is 5.50. The first kappa shape index (κ1) is 17.2. The minimum absolute atomic E-state index is 0.0810. The number of fused-ring (bicyclic) bond motifs is 1. The molecule has 0 radical (unpaired) electrons. The molecular weight excluding hydrogens is 364 g/mol. The number of amides is 1. The number of carbonyl (C=O) groups excluding carboxylic acids is 1. The zero-order chi connectivity index (χ0) is 19.0. The molecule has 1 amide bonds.